The molecule has 2 aromatic rings. The van der Waals surface area contributed by atoms with Crippen molar-refractivity contribution >= 4 is 27.3 Å². The normalized spacial score (nSPS) is 16.9. The Morgan fingerprint density at radius 1 is 1.11 bits per heavy atom. The molecule has 2 aromatic carbocycles. The van der Waals surface area contributed by atoms with Gasteiger partial charge in [0.15, 0.2) is 0 Å². The van der Waals surface area contributed by atoms with Gasteiger partial charge in [0.2, 0.25) is 15.9 Å². The number of benzene rings is 2. The Balaban J connectivity index is 1.85. The van der Waals surface area contributed by atoms with Gasteiger partial charge in [-0.25, -0.2) is 13.4 Å². The highest BCUT2D eigenvalue weighted by Gasteiger charge is 2.32. The fraction of sp³-hybridized carbons (Fsp3) is 0.300. The molecule has 1 atom stereocenters. The predicted molar refractivity (Wildman–Crippen MR) is 107 cm³/mol. The van der Waals surface area contributed by atoms with E-state index in [0.29, 0.717) is 18.5 Å². The fourth-order valence-corrected chi connectivity index (χ4v) is 3.63. The largest absolute Gasteiger partial charge is 0.284 e. The highest BCUT2D eigenvalue weighted by atomic mass is 32.2. The first-order valence-electron chi connectivity index (χ1n) is 8.99. The molecule has 0 bridgehead atoms. The number of hydrogen-bond acceptors (Lipinski definition) is 4. The zero-order valence-corrected chi connectivity index (χ0v) is 16.2. The molecule has 0 radical (unpaired) electrons. The van der Waals surface area contributed by atoms with Crippen molar-refractivity contribution in [3.8, 4) is 0 Å². The van der Waals surface area contributed by atoms with Crippen LogP contribution in [0.25, 0.3) is 0 Å². The minimum absolute atomic E-state index is 0.0221. The van der Waals surface area contributed by atoms with Crippen molar-refractivity contribution in [3.63, 3.8) is 0 Å². The van der Waals surface area contributed by atoms with Crippen LogP contribution in [-0.4, -0.2) is 30.8 Å². The maximum absolute atomic E-state index is 12.4. The second-order valence-electron chi connectivity index (χ2n) is 6.35. The smallest absolute Gasteiger partial charge is 0.242 e. The van der Waals surface area contributed by atoms with Crippen molar-refractivity contribution in [2.75, 3.05) is 10.5 Å². The summed E-state index contributed by atoms with van der Waals surface area (Å²) >= 11 is 0. The number of sulfonamides is 1. The van der Waals surface area contributed by atoms with Gasteiger partial charge in [-0.3, -0.25) is 9.52 Å². The number of amides is 1. The van der Waals surface area contributed by atoms with Gasteiger partial charge < -0.3 is 0 Å². The third-order valence-electron chi connectivity index (χ3n) is 4.52. The van der Waals surface area contributed by atoms with Crippen molar-refractivity contribution in [1.29, 1.82) is 0 Å². The molecule has 1 unspecified atom stereocenters. The predicted octanol–water partition coefficient (Wildman–Crippen LogP) is 3.54. The number of anilines is 1. The number of nitrogens with one attached hydrogen (secondary N) is 1. The average Bonchev–Trinajstić information content (AvgIpc) is 3.14. The molecule has 27 heavy (non-hydrogen) atoms. The molecule has 0 aliphatic carbocycles. The van der Waals surface area contributed by atoms with E-state index in [9.17, 15) is 13.2 Å². The number of hydrogen-bond donors (Lipinski definition) is 1. The molecule has 1 amide bonds. The van der Waals surface area contributed by atoms with Crippen LogP contribution in [0.1, 0.15) is 43.9 Å². The van der Waals surface area contributed by atoms with Crippen LogP contribution in [0.3, 0.4) is 0 Å². The van der Waals surface area contributed by atoms with E-state index in [4.69, 9.17) is 0 Å². The Morgan fingerprint density at radius 3 is 2.37 bits per heavy atom. The molecule has 1 aliphatic heterocycles. The van der Waals surface area contributed by atoms with E-state index >= 15 is 0 Å². The second-order valence-corrected chi connectivity index (χ2v) is 8.36. The number of rotatable bonds is 6. The standard InChI is InChI=1S/C20H23N3O3S/c1-3-20(24)23-19(16-8-6-5-7-9-16)14-18(21-23)15-10-12-17(13-11-15)22-27(25,26)4-2/h5-13,19,22H,3-4,14H2,1-2H3. The maximum Gasteiger partial charge on any atom is 0.242 e. The summed E-state index contributed by atoms with van der Waals surface area (Å²) in [5.74, 6) is 0.0000713. The summed E-state index contributed by atoms with van der Waals surface area (Å²) in [5.41, 5.74) is 3.25. The first-order chi connectivity index (χ1) is 12.9. The zero-order chi connectivity index (χ0) is 19.4. The van der Waals surface area contributed by atoms with E-state index in [-0.39, 0.29) is 17.7 Å². The number of carbonyl (C=O) groups is 1. The number of hydrazone groups is 1. The average molecular weight is 385 g/mol. The molecular formula is C20H23N3O3S. The van der Waals surface area contributed by atoms with E-state index in [1.54, 1.807) is 24.1 Å². The van der Waals surface area contributed by atoms with Gasteiger partial charge in [-0.15, -0.1) is 0 Å². The van der Waals surface area contributed by atoms with Crippen molar-refractivity contribution in [3.05, 3.63) is 65.7 Å². The topological polar surface area (TPSA) is 78.8 Å². The third kappa shape index (κ3) is 4.36. The van der Waals surface area contributed by atoms with E-state index < -0.39 is 10.0 Å². The molecule has 1 N–H and O–H groups in total. The molecule has 0 saturated carbocycles. The lowest BCUT2D eigenvalue weighted by molar-refractivity contribution is -0.132. The lowest BCUT2D eigenvalue weighted by Gasteiger charge is -2.21. The van der Waals surface area contributed by atoms with E-state index in [1.165, 1.54) is 0 Å². The molecule has 6 nitrogen and oxygen atoms in total. The highest BCUT2D eigenvalue weighted by Crippen LogP contribution is 2.33. The zero-order valence-electron chi connectivity index (χ0n) is 15.4. The molecule has 0 spiro atoms. The lowest BCUT2D eigenvalue weighted by atomic mass is 9.98. The van der Waals surface area contributed by atoms with Gasteiger partial charge in [-0.05, 0) is 30.2 Å². The summed E-state index contributed by atoms with van der Waals surface area (Å²) in [7, 11) is -3.31. The summed E-state index contributed by atoms with van der Waals surface area (Å²) in [5, 5.41) is 6.14. The molecule has 142 valence electrons. The Morgan fingerprint density at radius 2 is 1.78 bits per heavy atom. The van der Waals surface area contributed by atoms with Crippen LogP contribution in [0.2, 0.25) is 0 Å². The number of carbonyl (C=O) groups excluding carboxylic acids is 1. The molecule has 3 rings (SSSR count). The minimum Gasteiger partial charge on any atom is -0.284 e. The van der Waals surface area contributed by atoms with E-state index in [1.807, 2.05) is 49.4 Å². The van der Waals surface area contributed by atoms with Crippen molar-refractivity contribution in [1.82, 2.24) is 5.01 Å². The molecule has 0 aromatic heterocycles. The Kier molecular flexibility index (Phi) is 5.60. The van der Waals surface area contributed by atoms with Crippen molar-refractivity contribution < 1.29 is 13.2 Å². The van der Waals surface area contributed by atoms with Crippen LogP contribution in [0.4, 0.5) is 5.69 Å². The van der Waals surface area contributed by atoms with Crippen LogP contribution in [0.15, 0.2) is 59.7 Å². The van der Waals surface area contributed by atoms with E-state index in [0.717, 1.165) is 16.8 Å². The van der Waals surface area contributed by atoms with Gasteiger partial charge in [-0.1, -0.05) is 49.4 Å². The van der Waals surface area contributed by atoms with Crippen LogP contribution in [0.5, 0.6) is 0 Å². The second kappa shape index (κ2) is 7.92. The van der Waals surface area contributed by atoms with Crippen LogP contribution < -0.4 is 4.72 Å². The summed E-state index contributed by atoms with van der Waals surface area (Å²) in [6.45, 7) is 3.42. The Labute approximate surface area is 159 Å². The summed E-state index contributed by atoms with van der Waals surface area (Å²) in [6, 6.07) is 16.8. The monoisotopic (exact) mass is 385 g/mol. The van der Waals surface area contributed by atoms with Crippen molar-refractivity contribution in [2.45, 2.75) is 32.7 Å². The molecule has 1 heterocycles. The lowest BCUT2D eigenvalue weighted by Crippen LogP contribution is -2.26. The SMILES string of the molecule is CCC(=O)N1N=C(c2ccc(NS(=O)(=O)CC)cc2)CC1c1ccccc1. The van der Waals surface area contributed by atoms with Crippen molar-refractivity contribution in [2.24, 2.45) is 5.10 Å². The van der Waals surface area contributed by atoms with Crippen LogP contribution in [-0.2, 0) is 14.8 Å². The van der Waals surface area contributed by atoms with Gasteiger partial charge >= 0.3 is 0 Å². The quantitative estimate of drug-likeness (QED) is 0.826. The van der Waals surface area contributed by atoms with Gasteiger partial charge in [-0.2, -0.15) is 5.10 Å². The molecule has 0 saturated heterocycles. The van der Waals surface area contributed by atoms with Gasteiger partial charge in [0.05, 0.1) is 17.5 Å². The number of nitrogens with zero attached hydrogens (tertiary/aromatic N) is 2. The molecule has 1 aliphatic rings. The van der Waals surface area contributed by atoms with Crippen LogP contribution >= 0.6 is 0 Å². The van der Waals surface area contributed by atoms with Gasteiger partial charge in [0.1, 0.15) is 0 Å². The van der Waals surface area contributed by atoms with Gasteiger partial charge in [0.25, 0.3) is 0 Å². The van der Waals surface area contributed by atoms with Gasteiger partial charge in [0, 0.05) is 18.5 Å². The van der Waals surface area contributed by atoms with E-state index in [2.05, 4.69) is 9.82 Å². The highest BCUT2D eigenvalue weighted by molar-refractivity contribution is 7.92. The molecule has 0 fully saturated rings. The first kappa shape index (κ1) is 19.1. The van der Waals surface area contributed by atoms with Crippen LogP contribution in [0, 0.1) is 0 Å². The Hall–Kier alpha value is -2.67. The molecular weight excluding hydrogens is 362 g/mol. The summed E-state index contributed by atoms with van der Waals surface area (Å²) in [4.78, 5) is 12.4. The Bertz CT molecular complexity index is 938. The third-order valence-corrected chi connectivity index (χ3v) is 5.83. The molecule has 7 heteroatoms. The summed E-state index contributed by atoms with van der Waals surface area (Å²) in [6.07, 6.45) is 1.01. The minimum atomic E-state index is -3.31. The first-order valence-corrected chi connectivity index (χ1v) is 10.6. The fourth-order valence-electron chi connectivity index (χ4n) is 2.99. The summed E-state index contributed by atoms with van der Waals surface area (Å²) < 4.78 is 25.9. The maximum atomic E-state index is 12.4.